The van der Waals surface area contributed by atoms with E-state index in [2.05, 4.69) is 13.8 Å². The van der Waals surface area contributed by atoms with E-state index in [-0.39, 0.29) is 40.8 Å². The van der Waals surface area contributed by atoms with Crippen molar-refractivity contribution in [3.63, 3.8) is 0 Å². The second kappa shape index (κ2) is 13.4. The molecular formula is C9H20NdO2P+. The molecule has 0 aliphatic carbocycles. The minimum Gasteiger partial charge on any atom is -0.146 e. The Morgan fingerprint density at radius 2 is 1.69 bits per heavy atom. The van der Waals surface area contributed by atoms with Gasteiger partial charge in [-0.15, -0.1) is 4.52 Å². The first-order chi connectivity index (χ1) is 5.81. The Labute approximate surface area is 116 Å². The van der Waals surface area contributed by atoms with Gasteiger partial charge in [0, 0.05) is 40.8 Å². The van der Waals surface area contributed by atoms with E-state index in [1.807, 2.05) is 0 Å². The van der Waals surface area contributed by atoms with Crippen LogP contribution in [0.1, 0.15) is 46.0 Å². The average Bonchev–Trinajstić information content (AvgIpc) is 2.09. The van der Waals surface area contributed by atoms with Gasteiger partial charge in [-0.25, -0.2) is 0 Å². The van der Waals surface area contributed by atoms with Gasteiger partial charge in [0.2, 0.25) is 0 Å². The number of hydrogen-bond acceptors (Lipinski definition) is 2. The third kappa shape index (κ3) is 13.4. The Kier molecular flexibility index (Phi) is 17.4. The summed E-state index contributed by atoms with van der Waals surface area (Å²) < 4.78 is 16.2. The van der Waals surface area contributed by atoms with Crippen molar-refractivity contribution >= 4 is 8.03 Å². The first kappa shape index (κ1) is 16.8. The van der Waals surface area contributed by atoms with Crippen molar-refractivity contribution in [2.75, 3.05) is 12.8 Å². The van der Waals surface area contributed by atoms with Crippen molar-refractivity contribution in [3.8, 4) is 0 Å². The smallest absolute Gasteiger partial charge is 0.146 e. The quantitative estimate of drug-likeness (QED) is 0.499. The van der Waals surface area contributed by atoms with Crippen molar-refractivity contribution in [1.29, 1.82) is 0 Å². The van der Waals surface area contributed by atoms with E-state index in [1.165, 1.54) is 12.8 Å². The second-order valence-corrected chi connectivity index (χ2v) is 4.32. The van der Waals surface area contributed by atoms with Gasteiger partial charge in [-0.2, -0.15) is 0 Å². The molecule has 13 heavy (non-hydrogen) atoms. The maximum absolute atomic E-state index is 11.1. The van der Waals surface area contributed by atoms with Gasteiger partial charge in [-0.05, 0) is 17.4 Å². The molecule has 0 spiro atoms. The normalized spacial score (nSPS) is 10.8. The Bertz CT molecular complexity index is 120. The fourth-order valence-corrected chi connectivity index (χ4v) is 1.91. The van der Waals surface area contributed by atoms with Crippen LogP contribution in [0.4, 0.5) is 0 Å². The predicted molar refractivity (Wildman–Crippen MR) is 52.9 cm³/mol. The summed E-state index contributed by atoms with van der Waals surface area (Å²) in [7, 11) is -1.35. The molecule has 0 radical (unpaired) electrons. The fourth-order valence-electron chi connectivity index (χ4n) is 0.870. The van der Waals surface area contributed by atoms with E-state index in [1.54, 1.807) is 0 Å². The number of unbranched alkanes of at least 4 members (excludes halogenated alkanes) is 3. The summed E-state index contributed by atoms with van der Waals surface area (Å²) in [5, 5.41) is 0. The number of rotatable bonds is 8. The molecule has 0 aromatic carbocycles. The van der Waals surface area contributed by atoms with Gasteiger partial charge in [0.25, 0.3) is 0 Å². The van der Waals surface area contributed by atoms with E-state index in [0.29, 0.717) is 6.61 Å². The summed E-state index contributed by atoms with van der Waals surface area (Å²) in [5.41, 5.74) is 0. The van der Waals surface area contributed by atoms with E-state index >= 15 is 0 Å². The molecule has 0 saturated carbocycles. The van der Waals surface area contributed by atoms with Crippen molar-refractivity contribution in [2.45, 2.75) is 46.0 Å². The first-order valence-electron chi connectivity index (χ1n) is 4.88. The summed E-state index contributed by atoms with van der Waals surface area (Å²) in [6, 6.07) is 0. The van der Waals surface area contributed by atoms with Crippen LogP contribution in [0, 0.1) is 40.8 Å². The molecule has 0 N–H and O–H groups in total. The zero-order chi connectivity index (χ0) is 9.23. The van der Waals surface area contributed by atoms with Gasteiger partial charge < -0.3 is 0 Å². The van der Waals surface area contributed by atoms with E-state index in [4.69, 9.17) is 4.52 Å². The van der Waals surface area contributed by atoms with Crippen LogP contribution in [-0.2, 0) is 9.09 Å². The first-order valence-corrected chi connectivity index (χ1v) is 6.25. The van der Waals surface area contributed by atoms with Crippen LogP contribution in [0.15, 0.2) is 0 Å². The van der Waals surface area contributed by atoms with Crippen molar-refractivity contribution < 1.29 is 49.9 Å². The molecule has 1 unspecified atom stereocenters. The van der Waals surface area contributed by atoms with Crippen molar-refractivity contribution in [2.24, 2.45) is 0 Å². The van der Waals surface area contributed by atoms with Crippen molar-refractivity contribution in [1.82, 2.24) is 0 Å². The summed E-state index contributed by atoms with van der Waals surface area (Å²) in [6.07, 6.45) is 6.26. The largest absolute Gasteiger partial charge is 0.508 e. The SMILES string of the molecule is CCCCCO[P+](=O)CCCC.[Nd]. The molecule has 76 valence electrons. The summed E-state index contributed by atoms with van der Waals surface area (Å²) in [5.74, 6) is 0. The van der Waals surface area contributed by atoms with E-state index in [9.17, 15) is 4.57 Å². The third-order valence-electron chi connectivity index (χ3n) is 1.68. The Hall–Kier alpha value is 1.41. The molecule has 0 aromatic rings. The topological polar surface area (TPSA) is 26.3 Å². The van der Waals surface area contributed by atoms with Gasteiger partial charge in [0.1, 0.15) is 6.61 Å². The van der Waals surface area contributed by atoms with Crippen LogP contribution in [-0.4, -0.2) is 12.8 Å². The monoisotopic (exact) mass is 333 g/mol. The Morgan fingerprint density at radius 3 is 2.23 bits per heavy atom. The molecule has 0 amide bonds. The van der Waals surface area contributed by atoms with Gasteiger partial charge in [-0.1, -0.05) is 33.1 Å². The summed E-state index contributed by atoms with van der Waals surface area (Å²) in [6.45, 7) is 4.92. The third-order valence-corrected chi connectivity index (χ3v) is 2.83. The summed E-state index contributed by atoms with van der Waals surface area (Å²) in [4.78, 5) is 0. The zero-order valence-electron chi connectivity index (χ0n) is 8.71. The van der Waals surface area contributed by atoms with Gasteiger partial charge in [0.15, 0.2) is 6.16 Å². The molecule has 0 aliphatic heterocycles. The van der Waals surface area contributed by atoms with E-state index in [0.717, 1.165) is 25.4 Å². The molecular weight excluding hydrogens is 315 g/mol. The van der Waals surface area contributed by atoms with Gasteiger partial charge in [-0.3, -0.25) is 0 Å². The maximum atomic E-state index is 11.1. The standard InChI is InChI=1S/C9H20O2P.Nd/c1-3-5-7-8-11-12(10)9-6-4-2;/h3-9H2,1-2H3;/q+1;. The molecule has 0 fully saturated rings. The van der Waals surface area contributed by atoms with Crippen LogP contribution in [0.2, 0.25) is 0 Å². The molecule has 0 saturated heterocycles. The molecule has 0 bridgehead atoms. The summed E-state index contributed by atoms with van der Waals surface area (Å²) >= 11 is 0. The Balaban J connectivity index is 0. The minimum atomic E-state index is -1.35. The van der Waals surface area contributed by atoms with Crippen LogP contribution < -0.4 is 0 Å². The van der Waals surface area contributed by atoms with Crippen LogP contribution >= 0.6 is 8.03 Å². The molecule has 0 heterocycles. The molecule has 4 heteroatoms. The van der Waals surface area contributed by atoms with Crippen LogP contribution in [0.3, 0.4) is 0 Å². The van der Waals surface area contributed by atoms with Gasteiger partial charge >= 0.3 is 8.03 Å². The number of hydrogen-bond donors (Lipinski definition) is 0. The molecule has 0 aromatic heterocycles. The van der Waals surface area contributed by atoms with Crippen LogP contribution in [0.25, 0.3) is 0 Å². The second-order valence-electron chi connectivity index (χ2n) is 2.95. The Morgan fingerprint density at radius 1 is 1.08 bits per heavy atom. The fraction of sp³-hybridized carbons (Fsp3) is 1.00. The van der Waals surface area contributed by atoms with Gasteiger partial charge in [0.05, 0.1) is 0 Å². The zero-order valence-corrected chi connectivity index (χ0v) is 12.8. The minimum absolute atomic E-state index is 0. The van der Waals surface area contributed by atoms with E-state index < -0.39 is 8.03 Å². The van der Waals surface area contributed by atoms with Crippen molar-refractivity contribution in [3.05, 3.63) is 0 Å². The maximum Gasteiger partial charge on any atom is 0.508 e. The average molecular weight is 335 g/mol. The molecule has 1 atom stereocenters. The molecule has 0 aliphatic rings. The predicted octanol–water partition coefficient (Wildman–Crippen LogP) is 3.74. The molecule has 0 rings (SSSR count). The molecule has 2 nitrogen and oxygen atoms in total. The van der Waals surface area contributed by atoms with Crippen LogP contribution in [0.5, 0.6) is 0 Å².